The summed E-state index contributed by atoms with van der Waals surface area (Å²) in [5, 5.41) is 5.31. The average Bonchev–Trinajstić information content (AvgIpc) is 2.71. The Kier molecular flexibility index (Phi) is 3.09. The van der Waals surface area contributed by atoms with Crippen LogP contribution in [0.5, 0.6) is 0 Å². The maximum absolute atomic E-state index is 6.26. The molecule has 2 heterocycles. The van der Waals surface area contributed by atoms with E-state index in [-0.39, 0.29) is 6.10 Å². The van der Waals surface area contributed by atoms with E-state index in [9.17, 15) is 0 Å². The van der Waals surface area contributed by atoms with E-state index in [2.05, 4.69) is 11.4 Å². The quantitative estimate of drug-likeness (QED) is 0.901. The van der Waals surface area contributed by atoms with Gasteiger partial charge in [-0.3, -0.25) is 0 Å². The van der Waals surface area contributed by atoms with Crippen molar-refractivity contribution in [2.24, 2.45) is 0 Å². The molecule has 0 spiro atoms. The minimum atomic E-state index is 0.163. The summed E-state index contributed by atoms with van der Waals surface area (Å²) in [5.41, 5.74) is 1.34. The van der Waals surface area contributed by atoms with Crippen molar-refractivity contribution in [2.75, 3.05) is 20.2 Å². The number of benzene rings is 1. The largest absolute Gasteiger partial charge is 0.372 e. The van der Waals surface area contributed by atoms with Crippen LogP contribution in [0.4, 0.5) is 0 Å². The van der Waals surface area contributed by atoms with Crippen LogP contribution in [-0.2, 0) is 11.2 Å². The molecule has 1 aliphatic rings. The van der Waals surface area contributed by atoms with Gasteiger partial charge in [0.1, 0.15) is 0 Å². The highest BCUT2D eigenvalue weighted by molar-refractivity contribution is 7.20. The van der Waals surface area contributed by atoms with Crippen molar-refractivity contribution in [3.05, 3.63) is 33.7 Å². The van der Waals surface area contributed by atoms with E-state index in [1.165, 1.54) is 20.5 Å². The summed E-state index contributed by atoms with van der Waals surface area (Å²) in [6, 6.07) is 6.12. The van der Waals surface area contributed by atoms with E-state index in [1.54, 1.807) is 0 Å². The molecule has 3 rings (SSSR count). The molecule has 0 radical (unpaired) electrons. The Hall–Kier alpha value is -0.610. The van der Waals surface area contributed by atoms with Crippen molar-refractivity contribution in [1.29, 1.82) is 0 Å². The number of fused-ring (bicyclic) bond motifs is 3. The molecule has 1 unspecified atom stereocenters. The SMILES string of the molecule is CNCC1OCCc2sc3c(Cl)cccc3c21. The number of likely N-dealkylation sites (N-methyl/N-ethyl adjacent to an activating group) is 1. The highest BCUT2D eigenvalue weighted by Gasteiger charge is 2.25. The van der Waals surface area contributed by atoms with Crippen molar-refractivity contribution in [2.45, 2.75) is 12.5 Å². The zero-order valence-corrected chi connectivity index (χ0v) is 11.2. The van der Waals surface area contributed by atoms with E-state index >= 15 is 0 Å². The molecule has 2 nitrogen and oxygen atoms in total. The van der Waals surface area contributed by atoms with Crippen molar-refractivity contribution in [3.8, 4) is 0 Å². The Labute approximate surface area is 110 Å². The summed E-state index contributed by atoms with van der Waals surface area (Å²) in [6.45, 7) is 1.66. The average molecular weight is 268 g/mol. The summed E-state index contributed by atoms with van der Waals surface area (Å²) >= 11 is 8.07. The van der Waals surface area contributed by atoms with E-state index in [1.807, 2.05) is 30.5 Å². The van der Waals surface area contributed by atoms with Crippen LogP contribution < -0.4 is 5.32 Å². The van der Waals surface area contributed by atoms with Gasteiger partial charge in [-0.15, -0.1) is 11.3 Å². The van der Waals surface area contributed by atoms with E-state index in [4.69, 9.17) is 16.3 Å². The van der Waals surface area contributed by atoms with Gasteiger partial charge in [0.25, 0.3) is 0 Å². The third kappa shape index (κ3) is 1.87. The molecule has 1 aromatic carbocycles. The van der Waals surface area contributed by atoms with Gasteiger partial charge in [0.15, 0.2) is 0 Å². The number of hydrogen-bond acceptors (Lipinski definition) is 3. The molecular weight excluding hydrogens is 254 g/mol. The number of ether oxygens (including phenoxy) is 1. The minimum absolute atomic E-state index is 0.163. The van der Waals surface area contributed by atoms with Crippen molar-refractivity contribution >= 4 is 33.0 Å². The van der Waals surface area contributed by atoms with Crippen LogP contribution >= 0.6 is 22.9 Å². The number of rotatable bonds is 2. The first kappa shape index (κ1) is 11.5. The fourth-order valence-electron chi connectivity index (χ4n) is 2.42. The number of hydrogen-bond donors (Lipinski definition) is 1. The Morgan fingerprint density at radius 1 is 1.53 bits per heavy atom. The van der Waals surface area contributed by atoms with Crippen LogP contribution in [0.25, 0.3) is 10.1 Å². The fraction of sp³-hybridized carbons (Fsp3) is 0.385. The third-order valence-corrected chi connectivity index (χ3v) is 4.88. The van der Waals surface area contributed by atoms with Crippen LogP contribution in [0.15, 0.2) is 18.2 Å². The molecule has 1 aliphatic heterocycles. The first-order valence-corrected chi connectivity index (χ1v) is 6.96. The van der Waals surface area contributed by atoms with Gasteiger partial charge in [0, 0.05) is 28.8 Å². The summed E-state index contributed by atoms with van der Waals surface area (Å²) < 4.78 is 7.05. The lowest BCUT2D eigenvalue weighted by atomic mass is 10.0. The highest BCUT2D eigenvalue weighted by Crippen LogP contribution is 2.42. The fourth-order valence-corrected chi connectivity index (χ4v) is 3.94. The molecule has 1 N–H and O–H groups in total. The standard InChI is InChI=1S/C13H14ClNOS/c1-15-7-10-12-8-3-2-4-9(14)13(8)17-11(12)5-6-16-10/h2-4,10,15H,5-7H2,1H3. The number of nitrogens with one attached hydrogen (secondary N) is 1. The van der Waals surface area contributed by atoms with Crippen LogP contribution in [0.3, 0.4) is 0 Å². The zero-order valence-electron chi connectivity index (χ0n) is 9.63. The summed E-state index contributed by atoms with van der Waals surface area (Å²) in [5.74, 6) is 0. The van der Waals surface area contributed by atoms with E-state index in [0.29, 0.717) is 0 Å². The zero-order chi connectivity index (χ0) is 11.8. The molecule has 17 heavy (non-hydrogen) atoms. The lowest BCUT2D eigenvalue weighted by molar-refractivity contribution is 0.0462. The molecule has 0 saturated heterocycles. The van der Waals surface area contributed by atoms with Gasteiger partial charge in [-0.2, -0.15) is 0 Å². The Balaban J connectivity index is 2.20. The summed E-state index contributed by atoms with van der Waals surface area (Å²) in [4.78, 5) is 1.43. The first-order chi connectivity index (χ1) is 8.31. The molecule has 0 fully saturated rings. The molecule has 90 valence electrons. The van der Waals surface area contributed by atoms with Crippen LogP contribution in [0, 0.1) is 0 Å². The smallest absolute Gasteiger partial charge is 0.0965 e. The van der Waals surface area contributed by atoms with Crippen molar-refractivity contribution < 1.29 is 4.74 Å². The van der Waals surface area contributed by atoms with Crippen LogP contribution in [0.1, 0.15) is 16.5 Å². The number of thiophene rings is 1. The van der Waals surface area contributed by atoms with Gasteiger partial charge in [0.2, 0.25) is 0 Å². The highest BCUT2D eigenvalue weighted by atomic mass is 35.5. The summed E-state index contributed by atoms with van der Waals surface area (Å²) in [7, 11) is 1.96. The van der Waals surface area contributed by atoms with Gasteiger partial charge in [-0.25, -0.2) is 0 Å². The van der Waals surface area contributed by atoms with E-state index in [0.717, 1.165) is 24.6 Å². The second-order valence-electron chi connectivity index (χ2n) is 4.22. The predicted octanol–water partition coefficient (Wildman–Crippen LogP) is 3.39. The van der Waals surface area contributed by atoms with Crippen LogP contribution in [-0.4, -0.2) is 20.2 Å². The lowest BCUT2D eigenvalue weighted by Crippen LogP contribution is -2.24. The van der Waals surface area contributed by atoms with Gasteiger partial charge in [-0.05, 0) is 13.1 Å². The molecule has 0 bridgehead atoms. The predicted molar refractivity (Wildman–Crippen MR) is 73.2 cm³/mol. The Morgan fingerprint density at radius 3 is 3.24 bits per heavy atom. The van der Waals surface area contributed by atoms with Gasteiger partial charge in [0.05, 0.1) is 22.4 Å². The van der Waals surface area contributed by atoms with Crippen LogP contribution in [0.2, 0.25) is 5.02 Å². The Bertz CT molecular complexity index is 552. The molecule has 2 aromatic rings. The molecule has 1 atom stereocenters. The second kappa shape index (κ2) is 4.58. The molecule has 0 aliphatic carbocycles. The maximum Gasteiger partial charge on any atom is 0.0965 e. The molecular formula is C13H14ClNOS. The van der Waals surface area contributed by atoms with Gasteiger partial charge in [-0.1, -0.05) is 23.7 Å². The summed E-state index contributed by atoms with van der Waals surface area (Å²) in [6.07, 6.45) is 1.17. The van der Waals surface area contributed by atoms with Crippen molar-refractivity contribution in [1.82, 2.24) is 5.32 Å². The first-order valence-electron chi connectivity index (χ1n) is 5.77. The lowest BCUT2D eigenvalue weighted by Gasteiger charge is -2.23. The second-order valence-corrected chi connectivity index (χ2v) is 5.73. The molecule has 1 aromatic heterocycles. The van der Waals surface area contributed by atoms with Gasteiger partial charge >= 0.3 is 0 Å². The molecule has 4 heteroatoms. The van der Waals surface area contributed by atoms with Crippen molar-refractivity contribution in [3.63, 3.8) is 0 Å². The third-order valence-electron chi connectivity index (χ3n) is 3.14. The Morgan fingerprint density at radius 2 is 2.41 bits per heavy atom. The molecule has 0 saturated carbocycles. The maximum atomic E-state index is 6.26. The molecule has 0 amide bonds. The number of halogens is 1. The van der Waals surface area contributed by atoms with E-state index < -0.39 is 0 Å². The normalized spacial score (nSPS) is 19.5. The van der Waals surface area contributed by atoms with Gasteiger partial charge < -0.3 is 10.1 Å². The topological polar surface area (TPSA) is 21.3 Å². The monoisotopic (exact) mass is 267 g/mol. The minimum Gasteiger partial charge on any atom is -0.372 e.